The minimum atomic E-state index is -0.478. The third kappa shape index (κ3) is 8.29. The number of rotatable bonds is 7. The zero-order valence-corrected chi connectivity index (χ0v) is 31.3. The zero-order valence-electron chi connectivity index (χ0n) is 30.5. The summed E-state index contributed by atoms with van der Waals surface area (Å²) in [5.74, 6) is 6.74. The van der Waals surface area contributed by atoms with Crippen molar-refractivity contribution in [3.63, 3.8) is 0 Å². The van der Waals surface area contributed by atoms with Gasteiger partial charge in [-0.3, -0.25) is 19.6 Å². The van der Waals surface area contributed by atoms with E-state index in [4.69, 9.17) is 27.3 Å². The lowest BCUT2D eigenvalue weighted by Crippen LogP contribution is -2.56. The molecular weight excluding hydrogens is 674 g/mol. The predicted molar refractivity (Wildman–Crippen MR) is 207 cm³/mol. The van der Waals surface area contributed by atoms with Gasteiger partial charge in [0.15, 0.2) is 0 Å². The fraction of sp³-hybridized carbons (Fsp3) is 0.405. The van der Waals surface area contributed by atoms with Crippen LogP contribution in [-0.2, 0) is 14.9 Å². The Hall–Kier alpha value is -4.80. The van der Waals surface area contributed by atoms with E-state index in [0.717, 1.165) is 33.4 Å². The second-order valence-electron chi connectivity index (χ2n) is 14.2. The van der Waals surface area contributed by atoms with Crippen LogP contribution in [0.15, 0.2) is 71.7 Å². The molecule has 0 aromatic heterocycles. The molecule has 3 aromatic rings. The number of carbonyl (C=O) groups is 2. The van der Waals surface area contributed by atoms with E-state index in [2.05, 4.69) is 49.6 Å². The Morgan fingerprint density at radius 2 is 1.44 bits per heavy atom. The van der Waals surface area contributed by atoms with Crippen molar-refractivity contribution in [2.75, 3.05) is 65.6 Å². The Morgan fingerprint density at radius 3 is 2.00 bits per heavy atom. The van der Waals surface area contributed by atoms with Crippen LogP contribution < -0.4 is 4.74 Å². The summed E-state index contributed by atoms with van der Waals surface area (Å²) < 4.78 is 11.7. The summed E-state index contributed by atoms with van der Waals surface area (Å²) in [7, 11) is 0. The molecule has 0 bridgehead atoms. The third-order valence-electron chi connectivity index (χ3n) is 9.86. The molecule has 3 aliphatic heterocycles. The van der Waals surface area contributed by atoms with Crippen LogP contribution in [0.1, 0.15) is 73.2 Å². The highest BCUT2D eigenvalue weighted by atomic mass is 35.5. The van der Waals surface area contributed by atoms with Gasteiger partial charge in [0.25, 0.3) is 0 Å². The van der Waals surface area contributed by atoms with E-state index in [9.17, 15) is 4.79 Å². The molecule has 10 heteroatoms. The van der Waals surface area contributed by atoms with E-state index in [1.165, 1.54) is 0 Å². The number of carbonyl (C=O) groups excluding carboxylic acids is 2. The number of piperazine rings is 1. The van der Waals surface area contributed by atoms with Gasteiger partial charge in [0.1, 0.15) is 17.6 Å². The average molecular weight is 722 g/mol. The number of ether oxygens (including phenoxy) is 2. The number of hydrogen-bond acceptors (Lipinski definition) is 6. The number of hydrogen-bond donors (Lipinski definition) is 0. The minimum absolute atomic E-state index is 0. The van der Waals surface area contributed by atoms with Gasteiger partial charge in [0.2, 0.25) is 5.91 Å². The highest BCUT2D eigenvalue weighted by molar-refractivity contribution is 6.11. The Balaban J connectivity index is 0.00000523. The van der Waals surface area contributed by atoms with Gasteiger partial charge in [-0.1, -0.05) is 62.9 Å². The van der Waals surface area contributed by atoms with Gasteiger partial charge in [-0.05, 0) is 65.4 Å². The molecule has 0 spiro atoms. The molecule has 3 heterocycles. The van der Waals surface area contributed by atoms with Crippen LogP contribution in [0.3, 0.4) is 0 Å². The van der Waals surface area contributed by atoms with Gasteiger partial charge in [0.05, 0.1) is 38.0 Å². The summed E-state index contributed by atoms with van der Waals surface area (Å²) in [4.78, 5) is 41.1. The van der Waals surface area contributed by atoms with Crippen molar-refractivity contribution in [3.8, 4) is 30.4 Å². The summed E-state index contributed by atoms with van der Waals surface area (Å²) in [5.41, 5.74) is 5.13. The molecule has 0 saturated carbocycles. The number of amidine groups is 1. The first kappa shape index (κ1) is 38.4. The van der Waals surface area contributed by atoms with Crippen molar-refractivity contribution in [1.82, 2.24) is 19.6 Å². The number of urea groups is 1. The first-order chi connectivity index (χ1) is 24.6. The number of nitrogens with zero attached hydrogens (tertiary/aromatic N) is 5. The highest BCUT2D eigenvalue weighted by Gasteiger charge is 2.45. The standard InChI is InChI=1S/C42H47N5O4.ClH/c1-7-30-10-14-32(15-11-30)38-39(33-16-12-31(8-2)13-17-33)47(40(43-38)35-19-18-34(42(4,5)6)28-36(35)51-9-3)41(49)46-22-20-44(21-23-46)29-37(48)45-24-26-50-27-25-45;/h1-2,10-19,28,38-39H,9,20-27,29H2,3-6H3;1H/t38-,39-;/m1./s1. The molecule has 2 fully saturated rings. The second kappa shape index (κ2) is 16.7. The van der Waals surface area contributed by atoms with E-state index in [-0.39, 0.29) is 29.8 Å². The fourth-order valence-electron chi connectivity index (χ4n) is 6.89. The molecule has 3 aromatic carbocycles. The van der Waals surface area contributed by atoms with E-state index >= 15 is 4.79 Å². The maximum atomic E-state index is 15.0. The molecule has 3 aliphatic rings. The van der Waals surface area contributed by atoms with Crippen LogP contribution in [0.2, 0.25) is 0 Å². The smallest absolute Gasteiger partial charge is 0.326 e. The summed E-state index contributed by atoms with van der Waals surface area (Å²) in [6.07, 6.45) is 11.4. The molecule has 0 unspecified atom stereocenters. The quantitative estimate of drug-likeness (QED) is 0.284. The van der Waals surface area contributed by atoms with Gasteiger partial charge in [0, 0.05) is 50.4 Å². The van der Waals surface area contributed by atoms with Crippen LogP contribution in [0.5, 0.6) is 5.75 Å². The first-order valence-electron chi connectivity index (χ1n) is 17.8. The van der Waals surface area contributed by atoms with Crippen LogP contribution in [0, 0.1) is 24.7 Å². The third-order valence-corrected chi connectivity index (χ3v) is 9.86. The normalized spacial score (nSPS) is 19.3. The van der Waals surface area contributed by atoms with Crippen molar-refractivity contribution in [2.45, 2.75) is 45.2 Å². The maximum Gasteiger partial charge on any atom is 0.326 e. The molecule has 0 aliphatic carbocycles. The average Bonchev–Trinajstić information content (AvgIpc) is 3.55. The molecule has 2 saturated heterocycles. The fourth-order valence-corrected chi connectivity index (χ4v) is 6.89. The number of benzene rings is 3. The lowest BCUT2D eigenvalue weighted by Gasteiger charge is -2.39. The zero-order chi connectivity index (χ0) is 36.1. The highest BCUT2D eigenvalue weighted by Crippen LogP contribution is 2.45. The van der Waals surface area contributed by atoms with Gasteiger partial charge < -0.3 is 19.3 Å². The van der Waals surface area contributed by atoms with Crippen LogP contribution in [-0.4, -0.2) is 103 Å². The molecule has 52 heavy (non-hydrogen) atoms. The molecule has 0 radical (unpaired) electrons. The monoisotopic (exact) mass is 721 g/mol. The number of amides is 3. The number of terminal acetylenes is 2. The largest absolute Gasteiger partial charge is 0.493 e. The van der Waals surface area contributed by atoms with Gasteiger partial charge in [-0.2, -0.15) is 0 Å². The molecule has 9 nitrogen and oxygen atoms in total. The topological polar surface area (TPSA) is 77.9 Å². The van der Waals surface area contributed by atoms with Crippen LogP contribution in [0.4, 0.5) is 4.79 Å². The lowest BCUT2D eigenvalue weighted by molar-refractivity contribution is -0.136. The lowest BCUT2D eigenvalue weighted by atomic mass is 9.86. The van der Waals surface area contributed by atoms with E-state index in [0.29, 0.717) is 77.2 Å². The van der Waals surface area contributed by atoms with Crippen LogP contribution >= 0.6 is 12.4 Å². The Labute approximate surface area is 314 Å². The van der Waals surface area contributed by atoms with E-state index < -0.39 is 12.1 Å². The van der Waals surface area contributed by atoms with Crippen LogP contribution in [0.25, 0.3) is 0 Å². The number of aliphatic imine (C=N–C) groups is 1. The first-order valence-corrected chi connectivity index (χ1v) is 17.8. The Bertz CT molecular complexity index is 1840. The molecule has 6 rings (SSSR count). The maximum absolute atomic E-state index is 15.0. The second-order valence-corrected chi connectivity index (χ2v) is 14.2. The van der Waals surface area contributed by atoms with E-state index in [1.54, 1.807) is 0 Å². The molecule has 0 N–H and O–H groups in total. The van der Waals surface area contributed by atoms with Crippen molar-refractivity contribution in [3.05, 3.63) is 100 Å². The van der Waals surface area contributed by atoms with Gasteiger partial charge >= 0.3 is 6.03 Å². The SMILES string of the molecule is C#Cc1ccc([C@H]2N=C(c3ccc(C(C)(C)C)cc3OCC)N(C(=O)N3CCN(CC(=O)N4CCOCC4)CC3)[C@@H]2c2ccc(C#C)cc2)cc1.Cl. The van der Waals surface area contributed by atoms with Gasteiger partial charge in [-0.25, -0.2) is 4.79 Å². The van der Waals surface area contributed by atoms with E-state index in [1.807, 2.05) is 76.2 Å². The molecule has 272 valence electrons. The minimum Gasteiger partial charge on any atom is -0.493 e. The van der Waals surface area contributed by atoms with Crippen molar-refractivity contribution in [2.24, 2.45) is 4.99 Å². The summed E-state index contributed by atoms with van der Waals surface area (Å²) in [5, 5.41) is 0. The Kier molecular flexibility index (Phi) is 12.3. The number of halogens is 1. The summed E-state index contributed by atoms with van der Waals surface area (Å²) >= 11 is 0. The van der Waals surface area contributed by atoms with Crippen molar-refractivity contribution in [1.29, 1.82) is 0 Å². The van der Waals surface area contributed by atoms with Crippen molar-refractivity contribution < 1.29 is 19.1 Å². The van der Waals surface area contributed by atoms with Gasteiger partial charge in [-0.15, -0.1) is 25.3 Å². The molecule has 3 amide bonds. The number of morpholine rings is 1. The Morgan fingerprint density at radius 1 is 0.846 bits per heavy atom. The molecule has 2 atom stereocenters. The van der Waals surface area contributed by atoms with Crippen molar-refractivity contribution >= 4 is 30.2 Å². The summed E-state index contributed by atoms with van der Waals surface area (Å²) in [6, 6.07) is 20.7. The predicted octanol–water partition coefficient (Wildman–Crippen LogP) is 5.91. The molecular formula is C42H48ClN5O4. The summed E-state index contributed by atoms with van der Waals surface area (Å²) in [6.45, 7) is 13.8.